The molecule has 0 bridgehead atoms. The van der Waals surface area contributed by atoms with Crippen molar-refractivity contribution < 1.29 is 9.31 Å². The van der Waals surface area contributed by atoms with Crippen molar-refractivity contribution in [3.63, 3.8) is 0 Å². The fourth-order valence-electron chi connectivity index (χ4n) is 3.78. The van der Waals surface area contributed by atoms with Gasteiger partial charge < -0.3 is 9.31 Å². The number of benzene rings is 2. The number of aromatic nitrogens is 2. The van der Waals surface area contributed by atoms with Gasteiger partial charge in [-0.25, -0.2) is 4.98 Å². The molecular formula is C25H25BN2O2. The highest BCUT2D eigenvalue weighted by molar-refractivity contribution is 6.61. The van der Waals surface area contributed by atoms with Gasteiger partial charge in [0.15, 0.2) is 0 Å². The molecule has 0 amide bonds. The number of hydrogen-bond donors (Lipinski definition) is 0. The van der Waals surface area contributed by atoms with Gasteiger partial charge in [-0.15, -0.1) is 0 Å². The highest BCUT2D eigenvalue weighted by Crippen LogP contribution is 2.38. The molecule has 4 aromatic rings. The summed E-state index contributed by atoms with van der Waals surface area (Å²) in [7, 11) is -0.347. The molecule has 0 N–H and O–H groups in total. The first-order chi connectivity index (χ1) is 14.3. The zero-order valence-electron chi connectivity index (χ0n) is 17.8. The molecule has 0 spiro atoms. The van der Waals surface area contributed by atoms with Crippen LogP contribution >= 0.6 is 0 Å². The Morgan fingerprint density at radius 1 is 0.833 bits per heavy atom. The molecule has 1 aliphatic heterocycles. The van der Waals surface area contributed by atoms with E-state index in [1.54, 1.807) is 0 Å². The van der Waals surface area contributed by atoms with Gasteiger partial charge in [-0.3, -0.25) is 4.98 Å². The van der Waals surface area contributed by atoms with E-state index in [4.69, 9.17) is 14.3 Å². The van der Waals surface area contributed by atoms with Crippen LogP contribution in [0.1, 0.15) is 27.7 Å². The van der Waals surface area contributed by atoms with Crippen molar-refractivity contribution in [1.29, 1.82) is 0 Å². The van der Waals surface area contributed by atoms with Crippen LogP contribution in [-0.4, -0.2) is 29.3 Å². The maximum Gasteiger partial charge on any atom is 0.494 e. The second-order valence-electron chi connectivity index (χ2n) is 9.19. The van der Waals surface area contributed by atoms with E-state index in [9.17, 15) is 0 Å². The van der Waals surface area contributed by atoms with Gasteiger partial charge in [0.05, 0.1) is 22.3 Å². The average Bonchev–Trinajstić information content (AvgIpc) is 2.75. The molecule has 0 atom stereocenters. The zero-order valence-corrected chi connectivity index (χ0v) is 17.8. The van der Waals surface area contributed by atoms with Crippen molar-refractivity contribution in [2.75, 3.05) is 6.61 Å². The van der Waals surface area contributed by atoms with Gasteiger partial charge in [0.1, 0.15) is 0 Å². The lowest BCUT2D eigenvalue weighted by molar-refractivity contribution is -0.0937. The summed E-state index contributed by atoms with van der Waals surface area (Å²) >= 11 is 0. The molecular weight excluding hydrogens is 371 g/mol. The highest BCUT2D eigenvalue weighted by Gasteiger charge is 2.46. The van der Waals surface area contributed by atoms with Crippen LogP contribution in [0.5, 0.6) is 0 Å². The molecule has 3 heterocycles. The molecule has 5 heteroatoms. The van der Waals surface area contributed by atoms with Gasteiger partial charge in [-0.2, -0.15) is 0 Å². The normalized spacial score (nSPS) is 18.1. The molecule has 1 saturated heterocycles. The van der Waals surface area contributed by atoms with E-state index < -0.39 is 0 Å². The lowest BCUT2D eigenvalue weighted by atomic mass is 9.69. The maximum absolute atomic E-state index is 6.28. The Morgan fingerprint density at radius 3 is 2.27 bits per heavy atom. The van der Waals surface area contributed by atoms with Crippen LogP contribution in [0.25, 0.3) is 33.1 Å². The lowest BCUT2D eigenvalue weighted by Crippen LogP contribution is -2.58. The van der Waals surface area contributed by atoms with Crippen molar-refractivity contribution in [2.24, 2.45) is 5.41 Å². The van der Waals surface area contributed by atoms with Gasteiger partial charge in [0.2, 0.25) is 0 Å². The predicted molar refractivity (Wildman–Crippen MR) is 123 cm³/mol. The number of nitrogens with zero attached hydrogens (tertiary/aromatic N) is 2. The lowest BCUT2D eigenvalue weighted by Gasteiger charge is -2.47. The number of rotatable bonds is 2. The molecule has 0 radical (unpaired) electrons. The molecule has 2 aromatic heterocycles. The maximum atomic E-state index is 6.28. The number of fused-ring (bicyclic) bond motifs is 3. The Hall–Kier alpha value is -2.76. The van der Waals surface area contributed by atoms with Crippen LogP contribution in [0.3, 0.4) is 0 Å². The van der Waals surface area contributed by atoms with E-state index in [0.29, 0.717) is 6.61 Å². The quantitative estimate of drug-likeness (QED) is 0.354. The zero-order chi connectivity index (χ0) is 20.9. The Bertz CT molecular complexity index is 1240. The summed E-state index contributed by atoms with van der Waals surface area (Å²) in [4.78, 5) is 9.48. The summed E-state index contributed by atoms with van der Waals surface area (Å²) in [6.07, 6.45) is 1.82. The highest BCUT2D eigenvalue weighted by atomic mass is 16.6. The number of hydrogen-bond acceptors (Lipinski definition) is 4. The van der Waals surface area contributed by atoms with Crippen LogP contribution in [0.2, 0.25) is 0 Å². The third-order valence-corrected chi connectivity index (χ3v) is 6.54. The average molecular weight is 396 g/mol. The van der Waals surface area contributed by atoms with Crippen molar-refractivity contribution >= 4 is 34.4 Å². The van der Waals surface area contributed by atoms with Crippen LogP contribution in [0.15, 0.2) is 66.9 Å². The van der Waals surface area contributed by atoms with E-state index >= 15 is 0 Å². The molecule has 0 unspecified atom stereocenters. The van der Waals surface area contributed by atoms with E-state index in [1.165, 1.54) is 0 Å². The van der Waals surface area contributed by atoms with Crippen LogP contribution in [0, 0.1) is 5.41 Å². The first kappa shape index (κ1) is 19.2. The Morgan fingerprint density at radius 2 is 1.53 bits per heavy atom. The third kappa shape index (κ3) is 3.19. The van der Waals surface area contributed by atoms with Gasteiger partial charge >= 0.3 is 7.12 Å². The summed E-state index contributed by atoms with van der Waals surface area (Å²) in [6, 6.07) is 20.7. The smallest absolute Gasteiger partial charge is 0.407 e. The standard InChI is InChI=1S/C25H25BN2O2/c1-24(2)16-29-26(30-25(24,3)4)20-12-9-17(10-13-20)21-14-11-19-8-7-18-6-5-15-27-22(18)23(19)28-21/h5-15H,16H2,1-4H3. The number of pyridine rings is 2. The minimum atomic E-state index is -0.347. The van der Waals surface area contributed by atoms with Gasteiger partial charge in [-0.05, 0) is 31.4 Å². The first-order valence-corrected chi connectivity index (χ1v) is 10.4. The Labute approximate surface area is 177 Å². The molecule has 5 rings (SSSR count). The molecule has 4 nitrogen and oxygen atoms in total. The molecule has 0 aliphatic carbocycles. The topological polar surface area (TPSA) is 44.2 Å². The fraction of sp³-hybridized carbons (Fsp3) is 0.280. The van der Waals surface area contributed by atoms with Crippen LogP contribution < -0.4 is 5.46 Å². The van der Waals surface area contributed by atoms with Gasteiger partial charge in [0, 0.05) is 34.6 Å². The minimum absolute atomic E-state index is 0.0325. The molecule has 1 aliphatic rings. The van der Waals surface area contributed by atoms with Crippen molar-refractivity contribution in [3.8, 4) is 11.3 Å². The predicted octanol–water partition coefficient (Wildman–Crippen LogP) is 5.00. The van der Waals surface area contributed by atoms with E-state index in [2.05, 4.69) is 87.3 Å². The first-order valence-electron chi connectivity index (χ1n) is 10.4. The molecule has 1 fully saturated rings. The summed E-state index contributed by atoms with van der Waals surface area (Å²) in [5.74, 6) is 0. The largest absolute Gasteiger partial charge is 0.494 e. The summed E-state index contributed by atoms with van der Waals surface area (Å²) in [6.45, 7) is 9.29. The fourth-order valence-corrected chi connectivity index (χ4v) is 3.78. The minimum Gasteiger partial charge on any atom is -0.407 e. The monoisotopic (exact) mass is 396 g/mol. The van der Waals surface area contributed by atoms with Crippen molar-refractivity contribution in [3.05, 3.63) is 66.9 Å². The van der Waals surface area contributed by atoms with Crippen LogP contribution in [0.4, 0.5) is 0 Å². The van der Waals surface area contributed by atoms with Crippen LogP contribution in [-0.2, 0) is 9.31 Å². The second-order valence-corrected chi connectivity index (χ2v) is 9.19. The summed E-state index contributed by atoms with van der Waals surface area (Å²) in [5.41, 5.74) is 4.58. The summed E-state index contributed by atoms with van der Waals surface area (Å²) < 4.78 is 12.3. The SMILES string of the molecule is CC1(C)COB(c2ccc(-c3ccc4ccc5cccnc5c4n3)cc2)OC1(C)C. The Balaban J connectivity index is 1.47. The third-order valence-electron chi connectivity index (χ3n) is 6.54. The van der Waals surface area contributed by atoms with Gasteiger partial charge in [0.25, 0.3) is 0 Å². The van der Waals surface area contributed by atoms with Gasteiger partial charge in [-0.1, -0.05) is 62.4 Å². The van der Waals surface area contributed by atoms with E-state index in [0.717, 1.165) is 38.5 Å². The molecule has 2 aromatic carbocycles. The second kappa shape index (κ2) is 6.90. The van der Waals surface area contributed by atoms with Crippen molar-refractivity contribution in [2.45, 2.75) is 33.3 Å². The molecule has 30 heavy (non-hydrogen) atoms. The van der Waals surface area contributed by atoms with Crippen molar-refractivity contribution in [1.82, 2.24) is 9.97 Å². The summed E-state index contributed by atoms with van der Waals surface area (Å²) in [5, 5.41) is 2.19. The van der Waals surface area contributed by atoms with E-state index in [1.807, 2.05) is 12.3 Å². The molecule has 0 saturated carbocycles. The Kier molecular flexibility index (Phi) is 4.42. The van der Waals surface area contributed by atoms with E-state index in [-0.39, 0.29) is 18.1 Å². The molecule has 150 valence electrons.